The van der Waals surface area contributed by atoms with Crippen molar-refractivity contribution in [3.63, 3.8) is 0 Å². The average molecular weight is 303 g/mol. The van der Waals surface area contributed by atoms with Crippen molar-refractivity contribution in [1.29, 1.82) is 0 Å². The van der Waals surface area contributed by atoms with Gasteiger partial charge in [-0.25, -0.2) is 0 Å². The molecule has 1 aliphatic rings. The van der Waals surface area contributed by atoms with E-state index in [0.717, 1.165) is 5.69 Å². The van der Waals surface area contributed by atoms with Crippen LogP contribution in [0.4, 0.5) is 18.9 Å². The fourth-order valence-electron chi connectivity index (χ4n) is 2.24. The summed E-state index contributed by atoms with van der Waals surface area (Å²) in [6.45, 7) is 2.97. The molecule has 2 rings (SSSR count). The van der Waals surface area contributed by atoms with Crippen molar-refractivity contribution in [3.05, 3.63) is 24.3 Å². The lowest BCUT2D eigenvalue weighted by molar-refractivity contribution is -0.274. The van der Waals surface area contributed by atoms with Gasteiger partial charge in [0.05, 0.1) is 6.54 Å². The summed E-state index contributed by atoms with van der Waals surface area (Å²) in [5, 5.41) is 0. The van der Waals surface area contributed by atoms with Gasteiger partial charge >= 0.3 is 6.36 Å². The zero-order chi connectivity index (χ0) is 15.5. The number of hydrogen-bond acceptors (Lipinski definition) is 4. The van der Waals surface area contributed by atoms with Crippen molar-refractivity contribution >= 4 is 11.6 Å². The van der Waals surface area contributed by atoms with E-state index in [1.165, 1.54) is 12.1 Å². The number of carbonyl (C=O) groups excluding carboxylic acids is 1. The van der Waals surface area contributed by atoms with Gasteiger partial charge in [0.1, 0.15) is 5.75 Å². The summed E-state index contributed by atoms with van der Waals surface area (Å²) in [5.41, 5.74) is 5.96. The number of halogens is 3. The molecule has 1 heterocycles. The third-order valence-electron chi connectivity index (χ3n) is 3.19. The zero-order valence-electron chi connectivity index (χ0n) is 11.3. The molecule has 5 nitrogen and oxygen atoms in total. The molecule has 1 aliphatic heterocycles. The summed E-state index contributed by atoms with van der Waals surface area (Å²) in [6, 6.07) is 5.76. The van der Waals surface area contributed by atoms with Gasteiger partial charge in [-0.1, -0.05) is 0 Å². The Kier molecular flexibility index (Phi) is 4.56. The predicted molar refractivity (Wildman–Crippen MR) is 71.0 cm³/mol. The van der Waals surface area contributed by atoms with E-state index in [9.17, 15) is 18.0 Å². The Balaban J connectivity index is 1.90. The number of hydrogen-bond donors (Lipinski definition) is 1. The van der Waals surface area contributed by atoms with Crippen LogP contribution in [0.2, 0.25) is 0 Å². The number of rotatable bonds is 4. The van der Waals surface area contributed by atoms with Crippen LogP contribution in [0.1, 0.15) is 0 Å². The van der Waals surface area contributed by atoms with Crippen LogP contribution in [0.15, 0.2) is 24.3 Å². The molecule has 8 heteroatoms. The monoisotopic (exact) mass is 303 g/mol. The number of anilines is 1. The van der Waals surface area contributed by atoms with E-state index < -0.39 is 6.36 Å². The first-order valence-electron chi connectivity index (χ1n) is 6.45. The molecule has 0 aliphatic carbocycles. The average Bonchev–Trinajstić information content (AvgIpc) is 2.38. The highest BCUT2D eigenvalue weighted by atomic mass is 19.4. The molecule has 0 aromatic heterocycles. The van der Waals surface area contributed by atoms with E-state index in [2.05, 4.69) is 4.74 Å². The molecule has 1 aromatic rings. The van der Waals surface area contributed by atoms with Gasteiger partial charge in [-0.2, -0.15) is 0 Å². The molecule has 2 N–H and O–H groups in total. The van der Waals surface area contributed by atoms with E-state index in [4.69, 9.17) is 5.73 Å². The molecule has 0 saturated carbocycles. The lowest BCUT2D eigenvalue weighted by Gasteiger charge is -2.35. The number of carbonyl (C=O) groups is 1. The highest BCUT2D eigenvalue weighted by Gasteiger charge is 2.31. The number of alkyl halides is 3. The maximum atomic E-state index is 12.1. The molecular weight excluding hydrogens is 287 g/mol. The predicted octanol–water partition coefficient (Wildman–Crippen LogP) is 1.19. The Bertz CT molecular complexity index is 482. The summed E-state index contributed by atoms with van der Waals surface area (Å²) in [5.74, 6) is -0.601. The number of primary amides is 1. The molecule has 0 radical (unpaired) electrons. The van der Waals surface area contributed by atoms with Gasteiger partial charge in [0.15, 0.2) is 0 Å². The molecule has 0 atom stereocenters. The highest BCUT2D eigenvalue weighted by molar-refractivity contribution is 5.75. The second-order valence-corrected chi connectivity index (χ2v) is 4.77. The van der Waals surface area contributed by atoms with Gasteiger partial charge in [-0.3, -0.25) is 9.69 Å². The van der Waals surface area contributed by atoms with Crippen LogP contribution in [0.5, 0.6) is 5.75 Å². The SMILES string of the molecule is NC(=O)CN1CCN(c2ccc(OC(F)(F)F)cc2)CC1. The molecule has 0 spiro atoms. The molecule has 0 unspecified atom stereocenters. The molecule has 116 valence electrons. The van der Waals surface area contributed by atoms with Crippen LogP contribution in [-0.4, -0.2) is 49.9 Å². The summed E-state index contributed by atoms with van der Waals surface area (Å²) >= 11 is 0. The van der Waals surface area contributed by atoms with Crippen LogP contribution in [0.25, 0.3) is 0 Å². The van der Waals surface area contributed by atoms with Crippen LogP contribution < -0.4 is 15.4 Å². The van der Waals surface area contributed by atoms with E-state index in [-0.39, 0.29) is 18.2 Å². The van der Waals surface area contributed by atoms with Crippen LogP contribution in [0, 0.1) is 0 Å². The smallest absolute Gasteiger partial charge is 0.406 e. The van der Waals surface area contributed by atoms with E-state index in [1.54, 1.807) is 12.1 Å². The minimum absolute atomic E-state index is 0.228. The van der Waals surface area contributed by atoms with Gasteiger partial charge in [0.2, 0.25) is 5.91 Å². The fraction of sp³-hybridized carbons (Fsp3) is 0.462. The van der Waals surface area contributed by atoms with Gasteiger partial charge in [0.25, 0.3) is 0 Å². The minimum atomic E-state index is -4.68. The number of nitrogens with two attached hydrogens (primary N) is 1. The molecule has 1 saturated heterocycles. The second-order valence-electron chi connectivity index (χ2n) is 4.77. The summed E-state index contributed by atoms with van der Waals surface area (Å²) in [7, 11) is 0. The molecular formula is C13H16F3N3O2. The van der Waals surface area contributed by atoms with E-state index >= 15 is 0 Å². The van der Waals surface area contributed by atoms with Crippen LogP contribution >= 0.6 is 0 Å². The molecule has 1 aromatic carbocycles. The molecule has 21 heavy (non-hydrogen) atoms. The van der Waals surface area contributed by atoms with Crippen LogP contribution in [-0.2, 0) is 4.79 Å². The number of piperazine rings is 1. The minimum Gasteiger partial charge on any atom is -0.406 e. The Labute approximate surface area is 120 Å². The first-order valence-corrected chi connectivity index (χ1v) is 6.45. The van der Waals surface area contributed by atoms with Gasteiger partial charge in [-0.05, 0) is 24.3 Å². The van der Waals surface area contributed by atoms with Crippen molar-refractivity contribution in [1.82, 2.24) is 4.90 Å². The third-order valence-corrected chi connectivity index (χ3v) is 3.19. The summed E-state index contributed by atoms with van der Waals surface area (Å²) in [4.78, 5) is 14.8. The third kappa shape index (κ3) is 4.82. The van der Waals surface area contributed by atoms with Crippen molar-refractivity contribution < 1.29 is 22.7 Å². The number of benzene rings is 1. The maximum Gasteiger partial charge on any atom is 0.573 e. The maximum absolute atomic E-state index is 12.1. The van der Waals surface area contributed by atoms with Crippen molar-refractivity contribution in [2.24, 2.45) is 5.73 Å². The standard InChI is InChI=1S/C13H16F3N3O2/c14-13(15,16)21-11-3-1-10(2-4-11)19-7-5-18(6-8-19)9-12(17)20/h1-4H,5-9H2,(H2,17,20). The normalized spacial score (nSPS) is 16.8. The second kappa shape index (κ2) is 6.21. The lowest BCUT2D eigenvalue weighted by atomic mass is 10.2. The molecule has 1 fully saturated rings. The van der Waals surface area contributed by atoms with Gasteiger partial charge < -0.3 is 15.4 Å². The summed E-state index contributed by atoms with van der Waals surface area (Å²) < 4.78 is 40.0. The highest BCUT2D eigenvalue weighted by Crippen LogP contribution is 2.25. The molecule has 1 amide bonds. The van der Waals surface area contributed by atoms with E-state index in [0.29, 0.717) is 26.2 Å². The Hall–Kier alpha value is -1.96. The van der Waals surface area contributed by atoms with Gasteiger partial charge in [-0.15, -0.1) is 13.2 Å². The largest absolute Gasteiger partial charge is 0.573 e. The van der Waals surface area contributed by atoms with Crippen molar-refractivity contribution in [2.75, 3.05) is 37.6 Å². The number of nitrogens with zero attached hydrogens (tertiary/aromatic N) is 2. The Morgan fingerprint density at radius 2 is 1.71 bits per heavy atom. The number of ether oxygens (including phenoxy) is 1. The Morgan fingerprint density at radius 3 is 2.19 bits per heavy atom. The van der Waals surface area contributed by atoms with E-state index in [1.807, 2.05) is 9.80 Å². The quantitative estimate of drug-likeness (QED) is 0.908. The van der Waals surface area contributed by atoms with Crippen LogP contribution in [0.3, 0.4) is 0 Å². The molecule has 0 bridgehead atoms. The lowest BCUT2D eigenvalue weighted by Crippen LogP contribution is -2.48. The van der Waals surface area contributed by atoms with Crippen molar-refractivity contribution in [3.8, 4) is 5.75 Å². The zero-order valence-corrected chi connectivity index (χ0v) is 11.3. The van der Waals surface area contributed by atoms with Crippen molar-refractivity contribution in [2.45, 2.75) is 6.36 Å². The first-order chi connectivity index (χ1) is 9.83. The number of amides is 1. The van der Waals surface area contributed by atoms with Gasteiger partial charge in [0, 0.05) is 31.9 Å². The first kappa shape index (κ1) is 15.4. The summed E-state index contributed by atoms with van der Waals surface area (Å²) in [6.07, 6.45) is -4.68. The Morgan fingerprint density at radius 1 is 1.14 bits per heavy atom. The topological polar surface area (TPSA) is 58.8 Å². The fourth-order valence-corrected chi connectivity index (χ4v) is 2.24.